The summed E-state index contributed by atoms with van der Waals surface area (Å²) in [4.78, 5) is 22.3. The topological polar surface area (TPSA) is 66.4 Å². The summed E-state index contributed by atoms with van der Waals surface area (Å²) in [6.45, 7) is -0.321. The zero-order valence-electron chi connectivity index (χ0n) is 9.18. The zero-order valence-corrected chi connectivity index (χ0v) is 10.00. The molecule has 4 nitrogen and oxygen atoms in total. The van der Waals surface area contributed by atoms with E-state index in [0.29, 0.717) is 0 Å². The van der Waals surface area contributed by atoms with Crippen LogP contribution in [0.15, 0.2) is 24.3 Å². The summed E-state index contributed by atoms with van der Waals surface area (Å²) >= 11 is 1.56. The molecule has 0 aromatic heterocycles. The average molecular weight is 251 g/mol. The molecule has 1 aliphatic heterocycles. The molecule has 1 aliphatic rings. The zero-order chi connectivity index (χ0) is 12.3. The van der Waals surface area contributed by atoms with Crippen molar-refractivity contribution in [2.24, 2.45) is 0 Å². The van der Waals surface area contributed by atoms with E-state index in [1.54, 1.807) is 11.8 Å². The first-order chi connectivity index (χ1) is 8.18. The first kappa shape index (κ1) is 12.0. The molecule has 0 radical (unpaired) electrons. The van der Waals surface area contributed by atoms with E-state index in [1.807, 2.05) is 24.3 Å². The Bertz CT molecular complexity index is 447. The maximum Gasteiger partial charge on any atom is 0.322 e. The molecule has 2 N–H and O–H groups in total. The molecule has 0 saturated carbocycles. The lowest BCUT2D eigenvalue weighted by Gasteiger charge is -2.23. The smallest absolute Gasteiger partial charge is 0.322 e. The van der Waals surface area contributed by atoms with Crippen LogP contribution in [-0.2, 0) is 16.0 Å². The molecule has 1 heterocycles. The second-order valence-corrected chi connectivity index (χ2v) is 5.02. The van der Waals surface area contributed by atoms with Gasteiger partial charge in [-0.1, -0.05) is 24.3 Å². The second-order valence-electron chi connectivity index (χ2n) is 3.81. The van der Waals surface area contributed by atoms with Crippen molar-refractivity contribution in [3.63, 3.8) is 0 Å². The van der Waals surface area contributed by atoms with Crippen LogP contribution < -0.4 is 5.32 Å². The van der Waals surface area contributed by atoms with E-state index in [2.05, 4.69) is 5.32 Å². The monoisotopic (exact) mass is 251 g/mol. The molecule has 17 heavy (non-hydrogen) atoms. The number of hydrogen-bond donors (Lipinski definition) is 2. The van der Waals surface area contributed by atoms with Crippen LogP contribution in [0.2, 0.25) is 0 Å². The van der Waals surface area contributed by atoms with Crippen LogP contribution in [0.25, 0.3) is 0 Å². The summed E-state index contributed by atoms with van der Waals surface area (Å²) in [7, 11) is 0. The van der Waals surface area contributed by atoms with E-state index in [9.17, 15) is 9.59 Å². The van der Waals surface area contributed by atoms with Gasteiger partial charge in [-0.3, -0.25) is 9.59 Å². The molecule has 90 valence electrons. The fourth-order valence-corrected chi connectivity index (χ4v) is 3.08. The van der Waals surface area contributed by atoms with Gasteiger partial charge in [-0.25, -0.2) is 0 Å². The van der Waals surface area contributed by atoms with Crippen LogP contribution >= 0.6 is 11.8 Å². The highest BCUT2D eigenvalue weighted by Crippen LogP contribution is 2.36. The van der Waals surface area contributed by atoms with E-state index in [-0.39, 0.29) is 17.7 Å². The molecule has 1 amide bonds. The Morgan fingerprint density at radius 1 is 1.41 bits per heavy atom. The van der Waals surface area contributed by atoms with Crippen molar-refractivity contribution < 1.29 is 14.7 Å². The normalized spacial score (nSPS) is 18.2. The Labute approximate surface area is 103 Å². The van der Waals surface area contributed by atoms with Gasteiger partial charge in [0.25, 0.3) is 0 Å². The third-order valence-corrected chi connectivity index (χ3v) is 3.89. The molecular formula is C12H13NO3S. The highest BCUT2D eigenvalue weighted by atomic mass is 32.2. The number of nitrogens with one attached hydrogen (secondary N) is 1. The van der Waals surface area contributed by atoms with Crippen LogP contribution in [0.5, 0.6) is 0 Å². The SMILES string of the molecule is O=C(O)CNC(=O)[C@H]1SCCc2ccccc21. The molecule has 1 atom stereocenters. The van der Waals surface area contributed by atoms with Gasteiger partial charge in [-0.2, -0.15) is 0 Å². The van der Waals surface area contributed by atoms with Crippen molar-refractivity contribution in [3.05, 3.63) is 35.4 Å². The highest BCUT2D eigenvalue weighted by molar-refractivity contribution is 8.00. The van der Waals surface area contributed by atoms with Gasteiger partial charge in [0.15, 0.2) is 0 Å². The number of fused-ring (bicyclic) bond motifs is 1. The third kappa shape index (κ3) is 2.79. The molecule has 1 aromatic rings. The van der Waals surface area contributed by atoms with Crippen molar-refractivity contribution >= 4 is 23.6 Å². The van der Waals surface area contributed by atoms with Gasteiger partial charge in [0.2, 0.25) is 5.91 Å². The van der Waals surface area contributed by atoms with Crippen LogP contribution in [0.4, 0.5) is 0 Å². The van der Waals surface area contributed by atoms with E-state index in [4.69, 9.17) is 5.11 Å². The lowest BCUT2D eigenvalue weighted by atomic mass is 10.0. The Kier molecular flexibility index (Phi) is 3.68. The number of carboxylic acid groups (broad SMARTS) is 1. The summed E-state index contributed by atoms with van der Waals surface area (Å²) < 4.78 is 0. The summed E-state index contributed by atoms with van der Waals surface area (Å²) in [6.07, 6.45) is 0.962. The predicted molar refractivity (Wildman–Crippen MR) is 66.0 cm³/mol. The maximum absolute atomic E-state index is 11.9. The summed E-state index contributed by atoms with van der Waals surface area (Å²) in [5, 5.41) is 10.7. The molecule has 0 fully saturated rings. The largest absolute Gasteiger partial charge is 0.480 e. The summed E-state index contributed by atoms with van der Waals surface area (Å²) in [5.41, 5.74) is 2.19. The fourth-order valence-electron chi connectivity index (χ4n) is 1.87. The van der Waals surface area contributed by atoms with E-state index in [0.717, 1.165) is 17.7 Å². The van der Waals surface area contributed by atoms with Crippen LogP contribution in [0, 0.1) is 0 Å². The molecule has 1 aromatic carbocycles. The summed E-state index contributed by atoms with van der Waals surface area (Å²) in [6, 6.07) is 7.82. The maximum atomic E-state index is 11.9. The summed E-state index contributed by atoms with van der Waals surface area (Å²) in [5.74, 6) is -0.348. The van der Waals surface area contributed by atoms with Gasteiger partial charge in [0.05, 0.1) is 0 Å². The number of carbonyl (C=O) groups is 2. The number of aliphatic carboxylic acids is 1. The number of thioether (sulfide) groups is 1. The number of aryl methyl sites for hydroxylation is 1. The lowest BCUT2D eigenvalue weighted by Crippen LogP contribution is -2.33. The van der Waals surface area contributed by atoms with Gasteiger partial charge in [-0.05, 0) is 23.3 Å². The Balaban J connectivity index is 2.12. The first-order valence-corrected chi connectivity index (χ1v) is 6.42. The highest BCUT2D eigenvalue weighted by Gasteiger charge is 2.26. The molecule has 5 heteroatoms. The van der Waals surface area contributed by atoms with Crippen LogP contribution in [0.1, 0.15) is 16.4 Å². The predicted octanol–water partition coefficient (Wildman–Crippen LogP) is 1.22. The molecule has 0 spiro atoms. The van der Waals surface area contributed by atoms with E-state index >= 15 is 0 Å². The van der Waals surface area contributed by atoms with Gasteiger partial charge in [-0.15, -0.1) is 11.8 Å². The van der Waals surface area contributed by atoms with Crippen molar-refractivity contribution in [2.45, 2.75) is 11.7 Å². The first-order valence-electron chi connectivity index (χ1n) is 5.37. The number of carboxylic acids is 1. The minimum Gasteiger partial charge on any atom is -0.480 e. The van der Waals surface area contributed by atoms with Crippen molar-refractivity contribution in [1.29, 1.82) is 0 Å². The number of carbonyl (C=O) groups excluding carboxylic acids is 1. The Hall–Kier alpha value is -1.49. The lowest BCUT2D eigenvalue weighted by molar-refractivity contribution is -0.137. The molecule has 0 aliphatic carbocycles. The molecule has 2 rings (SSSR count). The number of rotatable bonds is 3. The number of amides is 1. The van der Waals surface area contributed by atoms with Crippen LogP contribution in [0.3, 0.4) is 0 Å². The quantitative estimate of drug-likeness (QED) is 0.847. The molecule has 0 bridgehead atoms. The minimum absolute atomic E-state index is 0.218. The Morgan fingerprint density at radius 2 is 2.18 bits per heavy atom. The van der Waals surface area contributed by atoms with Crippen LogP contribution in [-0.4, -0.2) is 29.3 Å². The van der Waals surface area contributed by atoms with E-state index < -0.39 is 5.97 Å². The molecular weight excluding hydrogens is 238 g/mol. The van der Waals surface area contributed by atoms with Crippen molar-refractivity contribution in [3.8, 4) is 0 Å². The fraction of sp³-hybridized carbons (Fsp3) is 0.333. The number of hydrogen-bond acceptors (Lipinski definition) is 3. The Morgan fingerprint density at radius 3 is 2.94 bits per heavy atom. The van der Waals surface area contributed by atoms with Gasteiger partial charge in [0, 0.05) is 0 Å². The molecule has 0 unspecified atom stereocenters. The van der Waals surface area contributed by atoms with E-state index in [1.165, 1.54) is 5.56 Å². The number of benzene rings is 1. The van der Waals surface area contributed by atoms with Crippen molar-refractivity contribution in [2.75, 3.05) is 12.3 Å². The second kappa shape index (κ2) is 5.23. The van der Waals surface area contributed by atoms with Crippen molar-refractivity contribution in [1.82, 2.24) is 5.32 Å². The third-order valence-electron chi connectivity index (χ3n) is 2.65. The van der Waals surface area contributed by atoms with Gasteiger partial charge >= 0.3 is 5.97 Å². The van der Waals surface area contributed by atoms with Gasteiger partial charge < -0.3 is 10.4 Å². The standard InChI is InChI=1S/C12H13NO3S/c14-10(15)7-13-12(16)11-9-4-2-1-3-8(9)5-6-17-11/h1-4,11H,5-7H2,(H,13,16)(H,14,15)/t11-/m0/s1. The van der Waals surface area contributed by atoms with Gasteiger partial charge in [0.1, 0.15) is 11.8 Å². The molecule has 0 saturated heterocycles. The minimum atomic E-state index is -1.02. The average Bonchev–Trinajstić information content (AvgIpc) is 2.35.